The third-order valence-electron chi connectivity index (χ3n) is 4.35. The summed E-state index contributed by atoms with van der Waals surface area (Å²) in [4.78, 5) is 0. The first-order valence-electron chi connectivity index (χ1n) is 8.37. The van der Waals surface area contributed by atoms with Crippen LogP contribution in [0.3, 0.4) is 0 Å². The summed E-state index contributed by atoms with van der Waals surface area (Å²) in [6.07, 6.45) is 6.94. The maximum atomic E-state index is 6.86. The van der Waals surface area contributed by atoms with Gasteiger partial charge in [0.2, 0.25) is 0 Å². The fraction of sp³-hybridized carbons (Fsp3) is 0.400. The molecule has 0 fully saturated rings. The average Bonchev–Trinajstić information content (AvgIpc) is 2.59. The van der Waals surface area contributed by atoms with Crippen molar-refractivity contribution < 1.29 is 0 Å². The van der Waals surface area contributed by atoms with E-state index < -0.39 is 5.54 Å². The smallest absolute Gasteiger partial charge is 0.0665 e. The first-order valence-corrected chi connectivity index (χ1v) is 8.37. The number of hydrogen-bond donors (Lipinski definition) is 2. The van der Waals surface area contributed by atoms with Gasteiger partial charge in [-0.25, -0.2) is 0 Å². The summed E-state index contributed by atoms with van der Waals surface area (Å²) in [5, 5.41) is 0. The van der Waals surface area contributed by atoms with Gasteiger partial charge in [0, 0.05) is 0 Å². The highest BCUT2D eigenvalue weighted by Gasteiger charge is 2.28. The van der Waals surface area contributed by atoms with Gasteiger partial charge in [0.1, 0.15) is 0 Å². The summed E-state index contributed by atoms with van der Waals surface area (Å²) in [7, 11) is 0. The maximum Gasteiger partial charge on any atom is 0.0665 e. The largest absolute Gasteiger partial charge is 0.330 e. The highest BCUT2D eigenvalue weighted by atomic mass is 14.7. The number of benzene rings is 2. The van der Waals surface area contributed by atoms with Gasteiger partial charge in [-0.05, 0) is 30.5 Å². The van der Waals surface area contributed by atoms with Gasteiger partial charge in [0.15, 0.2) is 0 Å². The Morgan fingerprint density at radius 2 is 1.09 bits per heavy atom. The van der Waals surface area contributed by atoms with E-state index in [0.29, 0.717) is 0 Å². The van der Waals surface area contributed by atoms with E-state index in [-0.39, 0.29) is 0 Å². The first-order chi connectivity index (χ1) is 10.8. The number of hydrogen-bond acceptors (Lipinski definition) is 2. The van der Waals surface area contributed by atoms with Gasteiger partial charge in [-0.15, -0.1) is 0 Å². The molecule has 0 saturated heterocycles. The van der Waals surface area contributed by atoms with Gasteiger partial charge in [-0.2, -0.15) is 0 Å². The fourth-order valence-electron chi connectivity index (χ4n) is 3.00. The van der Waals surface area contributed by atoms with Crippen LogP contribution in [0.5, 0.6) is 0 Å². The van der Waals surface area contributed by atoms with E-state index in [4.69, 9.17) is 11.5 Å². The molecule has 0 saturated carbocycles. The lowest BCUT2D eigenvalue weighted by Crippen LogP contribution is -2.37. The van der Waals surface area contributed by atoms with Crippen LogP contribution in [-0.2, 0) is 5.54 Å². The van der Waals surface area contributed by atoms with Crippen molar-refractivity contribution in [2.75, 3.05) is 6.54 Å². The van der Waals surface area contributed by atoms with Crippen LogP contribution < -0.4 is 11.5 Å². The zero-order valence-corrected chi connectivity index (χ0v) is 13.4. The summed E-state index contributed by atoms with van der Waals surface area (Å²) in [6, 6.07) is 20.9. The molecule has 0 aliphatic heterocycles. The molecule has 0 aliphatic rings. The Balaban J connectivity index is 2.07. The van der Waals surface area contributed by atoms with Crippen LogP contribution in [0.25, 0.3) is 0 Å². The van der Waals surface area contributed by atoms with Gasteiger partial charge < -0.3 is 11.5 Å². The van der Waals surface area contributed by atoms with Crippen molar-refractivity contribution in [3.8, 4) is 0 Å². The molecule has 2 nitrogen and oxygen atoms in total. The molecule has 0 atom stereocenters. The predicted octanol–water partition coefficient (Wildman–Crippen LogP) is 4.19. The molecule has 118 valence electrons. The zero-order valence-electron chi connectivity index (χ0n) is 13.4. The normalized spacial score (nSPS) is 11.5. The molecule has 0 heterocycles. The quantitative estimate of drug-likeness (QED) is 0.682. The predicted molar refractivity (Wildman–Crippen MR) is 94.6 cm³/mol. The van der Waals surface area contributed by atoms with Crippen molar-refractivity contribution in [3.63, 3.8) is 0 Å². The molecular weight excluding hydrogens is 268 g/mol. The summed E-state index contributed by atoms with van der Waals surface area (Å²) in [6.45, 7) is 0.800. The van der Waals surface area contributed by atoms with Crippen LogP contribution in [0, 0.1) is 0 Å². The van der Waals surface area contributed by atoms with Crippen LogP contribution in [-0.4, -0.2) is 6.54 Å². The molecule has 2 heteroatoms. The van der Waals surface area contributed by atoms with Crippen LogP contribution in [0.4, 0.5) is 0 Å². The number of rotatable bonds is 9. The minimum atomic E-state index is -0.392. The molecule has 2 rings (SSSR count). The lowest BCUT2D eigenvalue weighted by molar-refractivity contribution is 0.453. The summed E-state index contributed by atoms with van der Waals surface area (Å²) in [5.41, 5.74) is 14.4. The molecule has 22 heavy (non-hydrogen) atoms. The molecule has 2 aromatic rings. The van der Waals surface area contributed by atoms with Gasteiger partial charge in [-0.1, -0.05) is 86.3 Å². The van der Waals surface area contributed by atoms with Crippen molar-refractivity contribution in [2.45, 2.75) is 44.1 Å². The molecule has 0 bridgehead atoms. The molecule has 0 radical (unpaired) electrons. The minimum absolute atomic E-state index is 0.392. The van der Waals surface area contributed by atoms with Crippen molar-refractivity contribution >= 4 is 0 Å². The second-order valence-corrected chi connectivity index (χ2v) is 6.01. The van der Waals surface area contributed by atoms with Crippen LogP contribution in [0.1, 0.15) is 49.7 Å². The topological polar surface area (TPSA) is 52.0 Å². The third kappa shape index (κ3) is 4.43. The molecule has 0 aliphatic carbocycles. The van der Waals surface area contributed by atoms with E-state index in [1.165, 1.54) is 30.4 Å². The average molecular weight is 296 g/mol. The van der Waals surface area contributed by atoms with Gasteiger partial charge in [-0.3, -0.25) is 0 Å². The van der Waals surface area contributed by atoms with E-state index in [1.807, 2.05) is 12.1 Å². The Morgan fingerprint density at radius 1 is 0.636 bits per heavy atom. The summed E-state index contributed by atoms with van der Waals surface area (Å²) in [5.74, 6) is 0. The standard InChI is InChI=1S/C20H28N2/c21-17-11-3-1-2-10-16-20(22,18-12-6-4-7-13-18)19-14-8-5-9-15-19/h4-9,12-15H,1-3,10-11,16-17,21-22H2. The lowest BCUT2D eigenvalue weighted by atomic mass is 9.79. The Bertz CT molecular complexity index is 482. The van der Waals surface area contributed by atoms with Crippen LogP contribution in [0.15, 0.2) is 60.7 Å². The van der Waals surface area contributed by atoms with E-state index in [2.05, 4.69) is 48.5 Å². The van der Waals surface area contributed by atoms with Crippen LogP contribution >= 0.6 is 0 Å². The van der Waals surface area contributed by atoms with Gasteiger partial charge in [0.25, 0.3) is 0 Å². The van der Waals surface area contributed by atoms with Crippen molar-refractivity contribution in [1.82, 2.24) is 0 Å². The molecular formula is C20H28N2. The Kier molecular flexibility index (Phi) is 6.63. The minimum Gasteiger partial charge on any atom is -0.330 e. The van der Waals surface area contributed by atoms with E-state index >= 15 is 0 Å². The van der Waals surface area contributed by atoms with Crippen LogP contribution in [0.2, 0.25) is 0 Å². The third-order valence-corrected chi connectivity index (χ3v) is 4.35. The second-order valence-electron chi connectivity index (χ2n) is 6.01. The van der Waals surface area contributed by atoms with E-state index in [9.17, 15) is 0 Å². The van der Waals surface area contributed by atoms with Gasteiger partial charge in [0.05, 0.1) is 5.54 Å². The second kappa shape index (κ2) is 8.72. The Labute approximate surface area is 134 Å². The highest BCUT2D eigenvalue weighted by Crippen LogP contribution is 2.32. The van der Waals surface area contributed by atoms with Gasteiger partial charge >= 0.3 is 0 Å². The lowest BCUT2D eigenvalue weighted by Gasteiger charge is -2.31. The van der Waals surface area contributed by atoms with Crippen molar-refractivity contribution in [3.05, 3.63) is 71.8 Å². The number of nitrogens with two attached hydrogens (primary N) is 2. The van der Waals surface area contributed by atoms with E-state index in [0.717, 1.165) is 25.8 Å². The highest BCUT2D eigenvalue weighted by molar-refractivity contribution is 5.37. The summed E-state index contributed by atoms with van der Waals surface area (Å²) < 4.78 is 0. The first kappa shape index (κ1) is 16.7. The molecule has 0 spiro atoms. The van der Waals surface area contributed by atoms with E-state index in [1.54, 1.807) is 0 Å². The van der Waals surface area contributed by atoms with Crippen molar-refractivity contribution in [1.29, 1.82) is 0 Å². The molecule has 0 amide bonds. The maximum absolute atomic E-state index is 6.86. The number of unbranched alkanes of at least 4 members (excludes halogenated alkanes) is 4. The molecule has 2 aromatic carbocycles. The fourth-order valence-corrected chi connectivity index (χ4v) is 3.00. The summed E-state index contributed by atoms with van der Waals surface area (Å²) >= 11 is 0. The molecule has 0 unspecified atom stereocenters. The Hall–Kier alpha value is -1.64. The SMILES string of the molecule is NCCCCCCCC(N)(c1ccccc1)c1ccccc1. The molecule has 4 N–H and O–H groups in total. The Morgan fingerprint density at radius 3 is 1.59 bits per heavy atom. The van der Waals surface area contributed by atoms with Crippen molar-refractivity contribution in [2.24, 2.45) is 11.5 Å². The zero-order chi connectivity index (χ0) is 15.7. The monoisotopic (exact) mass is 296 g/mol. The molecule has 0 aromatic heterocycles.